The summed E-state index contributed by atoms with van der Waals surface area (Å²) in [6.07, 6.45) is 0. The van der Waals surface area contributed by atoms with Crippen molar-refractivity contribution in [3.05, 3.63) is 60.7 Å². The molecular formula is C16H22BiN2OSi2. The van der Waals surface area contributed by atoms with E-state index >= 15 is 0 Å². The van der Waals surface area contributed by atoms with Gasteiger partial charge >= 0.3 is 148 Å². The second-order valence-corrected chi connectivity index (χ2v) is 20.7. The first-order valence-electron chi connectivity index (χ1n) is 7.52. The minimum atomic E-state index is -1.84. The molecular weight excluding hydrogens is 501 g/mol. The average molecular weight is 524 g/mol. The molecule has 0 spiro atoms. The summed E-state index contributed by atoms with van der Waals surface area (Å²) in [5, 5.41) is 0. The third-order valence-electron chi connectivity index (χ3n) is 3.70. The Hall–Kier alpha value is -0.683. The fraction of sp³-hybridized carbons (Fsp3) is 0.250. The molecule has 0 atom stereocenters. The molecule has 0 aliphatic carbocycles. The molecule has 1 fully saturated rings. The fourth-order valence-electron chi connectivity index (χ4n) is 2.87. The van der Waals surface area contributed by atoms with Crippen molar-refractivity contribution in [2.45, 2.75) is 26.2 Å². The molecule has 2 aromatic rings. The van der Waals surface area contributed by atoms with Gasteiger partial charge in [-0.25, -0.2) is 0 Å². The van der Waals surface area contributed by atoms with Gasteiger partial charge in [0.25, 0.3) is 0 Å². The van der Waals surface area contributed by atoms with Gasteiger partial charge in [0.1, 0.15) is 0 Å². The molecule has 1 heterocycles. The van der Waals surface area contributed by atoms with E-state index in [2.05, 4.69) is 91.9 Å². The normalized spacial score (nSPS) is 20.0. The van der Waals surface area contributed by atoms with E-state index in [4.69, 9.17) is 4.12 Å². The second kappa shape index (κ2) is 6.08. The standard InChI is InChI=1S/C16H22N2OSi2.Bi/c1-20(2,17-15-11-7-5-8-12-15)19-21(3,4)18-16-13-9-6-10-14-16;/h5-14H,1-4H3;/q-2;+2. The molecule has 0 amide bonds. The van der Waals surface area contributed by atoms with Crippen LogP contribution in [0.5, 0.6) is 0 Å². The first-order valence-corrected chi connectivity index (χ1v) is 16.3. The number of anilines is 2. The van der Waals surface area contributed by atoms with Crippen LogP contribution in [0.4, 0.5) is 11.4 Å². The van der Waals surface area contributed by atoms with Gasteiger partial charge in [-0.2, -0.15) is 0 Å². The summed E-state index contributed by atoms with van der Waals surface area (Å²) in [5.74, 6) is 0. The first kappa shape index (κ1) is 16.2. The second-order valence-electron chi connectivity index (χ2n) is 6.38. The number of rotatable bonds is 2. The van der Waals surface area contributed by atoms with Gasteiger partial charge in [0.05, 0.1) is 0 Å². The van der Waals surface area contributed by atoms with Crippen LogP contribution in [0.2, 0.25) is 26.2 Å². The molecule has 1 aliphatic heterocycles. The van der Waals surface area contributed by atoms with Crippen LogP contribution in [-0.4, -0.2) is 40.8 Å². The Labute approximate surface area is 147 Å². The van der Waals surface area contributed by atoms with Gasteiger partial charge in [0, 0.05) is 0 Å². The van der Waals surface area contributed by atoms with E-state index in [9.17, 15) is 0 Å². The SMILES string of the molecule is C[Si]1(C)O[Si](C)(C)[N](c2ccccc2)[Bi][N]1c1ccccc1. The van der Waals surface area contributed by atoms with Gasteiger partial charge in [-0.1, -0.05) is 0 Å². The summed E-state index contributed by atoms with van der Waals surface area (Å²) in [7, 11) is -3.67. The first-order chi connectivity index (χ1) is 10.4. The van der Waals surface area contributed by atoms with Gasteiger partial charge in [0.2, 0.25) is 0 Å². The predicted molar refractivity (Wildman–Crippen MR) is 99.6 cm³/mol. The number of nitrogens with zero attached hydrogens (tertiary/aromatic N) is 2. The van der Waals surface area contributed by atoms with Gasteiger partial charge in [-0.15, -0.1) is 0 Å². The van der Waals surface area contributed by atoms with Crippen molar-refractivity contribution in [1.82, 2.24) is 0 Å². The van der Waals surface area contributed by atoms with E-state index in [1.165, 1.54) is 11.4 Å². The van der Waals surface area contributed by atoms with Crippen LogP contribution in [0, 0.1) is 0 Å². The molecule has 1 saturated heterocycles. The van der Waals surface area contributed by atoms with Crippen LogP contribution in [-0.2, 0) is 4.12 Å². The summed E-state index contributed by atoms with van der Waals surface area (Å²) >= 11 is -1.06. The van der Waals surface area contributed by atoms with Crippen molar-refractivity contribution >= 4 is 52.1 Å². The summed E-state index contributed by atoms with van der Waals surface area (Å²) < 4.78 is 12.1. The Kier molecular flexibility index (Phi) is 4.47. The quantitative estimate of drug-likeness (QED) is 0.555. The molecule has 0 saturated carbocycles. The predicted octanol–water partition coefficient (Wildman–Crippen LogP) is 3.97. The topological polar surface area (TPSA) is 15.7 Å². The van der Waals surface area contributed by atoms with Crippen LogP contribution in [0.15, 0.2) is 60.7 Å². The zero-order valence-electron chi connectivity index (χ0n) is 13.5. The van der Waals surface area contributed by atoms with Crippen LogP contribution in [0.1, 0.15) is 0 Å². The van der Waals surface area contributed by atoms with Gasteiger partial charge in [-0.3, -0.25) is 0 Å². The molecule has 0 aromatic heterocycles. The average Bonchev–Trinajstić information content (AvgIpc) is 2.47. The fourth-order valence-corrected chi connectivity index (χ4v) is 23.2. The van der Waals surface area contributed by atoms with Gasteiger partial charge < -0.3 is 0 Å². The van der Waals surface area contributed by atoms with E-state index in [-0.39, 0.29) is 0 Å². The summed E-state index contributed by atoms with van der Waals surface area (Å²) in [6.45, 7) is 9.39. The third-order valence-corrected chi connectivity index (χ3v) is 26.2. The summed E-state index contributed by atoms with van der Waals surface area (Å²) in [4.78, 5) is 0. The van der Waals surface area contributed by atoms with Gasteiger partial charge in [-0.05, 0) is 0 Å². The Morgan fingerprint density at radius 1 is 0.682 bits per heavy atom. The van der Waals surface area contributed by atoms with Crippen LogP contribution < -0.4 is 5.02 Å². The molecule has 2 aromatic carbocycles. The Morgan fingerprint density at radius 2 is 1.05 bits per heavy atom. The van der Waals surface area contributed by atoms with Crippen molar-refractivity contribution < 1.29 is 4.12 Å². The Balaban J connectivity index is 1.99. The van der Waals surface area contributed by atoms with E-state index in [0.29, 0.717) is 0 Å². The number of hydrogen-bond donors (Lipinski definition) is 0. The Morgan fingerprint density at radius 3 is 1.41 bits per heavy atom. The third kappa shape index (κ3) is 3.16. The van der Waals surface area contributed by atoms with E-state index in [0.717, 1.165) is 0 Å². The van der Waals surface area contributed by atoms with Crippen molar-refractivity contribution in [1.29, 1.82) is 0 Å². The number of benzene rings is 2. The minimum absolute atomic E-state index is 1.06. The zero-order chi connectivity index (χ0) is 15.8. The zero-order valence-corrected chi connectivity index (χ0v) is 19.0. The molecule has 1 aliphatic rings. The summed E-state index contributed by atoms with van der Waals surface area (Å²) in [5.41, 5.74) is 2.67. The van der Waals surface area contributed by atoms with Gasteiger partial charge in [0.15, 0.2) is 0 Å². The molecule has 115 valence electrons. The molecule has 3 rings (SSSR count). The molecule has 1 radical (unpaired) electrons. The van der Waals surface area contributed by atoms with E-state index in [1.54, 1.807) is 0 Å². The Bertz CT molecular complexity index is 582. The molecule has 3 nitrogen and oxygen atoms in total. The number of hydrogen-bond acceptors (Lipinski definition) is 3. The molecule has 0 bridgehead atoms. The van der Waals surface area contributed by atoms with E-state index < -0.39 is 40.8 Å². The maximum absolute atomic E-state index is 6.77. The number of para-hydroxylation sites is 2. The molecule has 0 N–H and O–H groups in total. The maximum atomic E-state index is 6.77. The van der Waals surface area contributed by atoms with Crippen molar-refractivity contribution in [2.24, 2.45) is 0 Å². The van der Waals surface area contributed by atoms with Crippen molar-refractivity contribution in [3.63, 3.8) is 0 Å². The van der Waals surface area contributed by atoms with Crippen molar-refractivity contribution in [3.8, 4) is 0 Å². The molecule has 22 heavy (non-hydrogen) atoms. The van der Waals surface area contributed by atoms with Crippen LogP contribution in [0.25, 0.3) is 0 Å². The summed E-state index contributed by atoms with van der Waals surface area (Å²) in [6, 6.07) is 21.6. The van der Waals surface area contributed by atoms with E-state index in [1.807, 2.05) is 0 Å². The monoisotopic (exact) mass is 523 g/mol. The van der Waals surface area contributed by atoms with Crippen molar-refractivity contribution in [2.75, 3.05) is 5.02 Å². The molecule has 6 heteroatoms. The van der Waals surface area contributed by atoms with Crippen LogP contribution >= 0.6 is 0 Å². The van der Waals surface area contributed by atoms with Crippen LogP contribution in [0.3, 0.4) is 0 Å². The molecule has 0 unspecified atom stereocenters.